The monoisotopic (exact) mass is 497 g/mol. The molecule has 0 amide bonds. The number of aromatic nitrogens is 3. The van der Waals surface area contributed by atoms with Crippen LogP contribution in [0, 0.1) is 0 Å². The summed E-state index contributed by atoms with van der Waals surface area (Å²) in [6.45, 7) is 4.66. The second-order valence-electron chi connectivity index (χ2n) is 8.53. The smallest absolute Gasteiger partial charge is 0.313 e. The zero-order valence-corrected chi connectivity index (χ0v) is 20.4. The number of nitrogens with one attached hydrogen (secondary N) is 1. The van der Waals surface area contributed by atoms with Crippen molar-refractivity contribution in [1.29, 1.82) is 0 Å². The summed E-state index contributed by atoms with van der Waals surface area (Å²) in [6.07, 6.45) is 6.16. The van der Waals surface area contributed by atoms with E-state index in [2.05, 4.69) is 41.1 Å². The van der Waals surface area contributed by atoms with Gasteiger partial charge in [0.2, 0.25) is 0 Å². The maximum Gasteiger partial charge on any atom is 0.416 e. The number of alkyl halides is 3. The Bertz CT molecular complexity index is 1310. The minimum absolute atomic E-state index is 0.652. The van der Waals surface area contributed by atoms with Crippen LogP contribution in [0.1, 0.15) is 30.4 Å². The first-order valence-electron chi connectivity index (χ1n) is 11.6. The van der Waals surface area contributed by atoms with Gasteiger partial charge in [-0.25, -0.2) is 9.97 Å². The maximum absolute atomic E-state index is 12.9. The van der Waals surface area contributed by atoms with Gasteiger partial charge in [-0.1, -0.05) is 37.3 Å². The zero-order valence-electron chi connectivity index (χ0n) is 19.6. The van der Waals surface area contributed by atoms with Crippen molar-refractivity contribution < 1.29 is 13.2 Å². The molecule has 0 aliphatic carbocycles. The highest BCUT2D eigenvalue weighted by Crippen LogP contribution is 2.36. The number of benzene rings is 1. The summed E-state index contributed by atoms with van der Waals surface area (Å²) in [7, 11) is 1.97. The third-order valence-electron chi connectivity index (χ3n) is 6.32. The number of aryl methyl sites for hydroxylation is 1. The summed E-state index contributed by atoms with van der Waals surface area (Å²) in [5.74, 6) is 1.89. The third-order valence-corrected chi connectivity index (χ3v) is 7.24. The lowest BCUT2D eigenvalue weighted by Crippen LogP contribution is -2.21. The van der Waals surface area contributed by atoms with Crippen molar-refractivity contribution in [3.8, 4) is 11.3 Å². The van der Waals surface area contributed by atoms with Gasteiger partial charge in [0.05, 0.1) is 17.0 Å². The molecule has 0 atom stereocenters. The van der Waals surface area contributed by atoms with E-state index in [1.165, 1.54) is 34.6 Å². The fourth-order valence-corrected chi connectivity index (χ4v) is 5.25. The van der Waals surface area contributed by atoms with E-state index < -0.39 is 11.7 Å². The van der Waals surface area contributed by atoms with Gasteiger partial charge in [-0.15, -0.1) is 11.3 Å². The fourth-order valence-electron chi connectivity index (χ4n) is 4.45. The Morgan fingerprint density at radius 2 is 1.91 bits per heavy atom. The first-order valence-corrected chi connectivity index (χ1v) is 12.5. The molecule has 0 saturated carbocycles. The standard InChI is InChI=1S/C26H26F3N5S/c1-3-21-24(34-15-12-17(6-9-23(34)31-21)18-10-13-30-14-11-18)33(2)25-32-22(16-35-25)19-4-7-20(8-5-19)26(27,28)29/h4-10,12,16,30H,3,11,13-15H2,1-2H3. The molecule has 0 bridgehead atoms. The van der Waals surface area contributed by atoms with Crippen molar-refractivity contribution >= 4 is 28.4 Å². The number of thiazole rings is 1. The quantitative estimate of drug-likeness (QED) is 0.454. The van der Waals surface area contributed by atoms with E-state index in [9.17, 15) is 13.2 Å². The molecule has 1 aromatic carbocycles. The Balaban J connectivity index is 1.43. The van der Waals surface area contributed by atoms with Crippen LogP contribution >= 0.6 is 11.3 Å². The van der Waals surface area contributed by atoms with Crippen LogP contribution in [-0.2, 0) is 19.1 Å². The summed E-state index contributed by atoms with van der Waals surface area (Å²) in [5.41, 5.74) is 4.22. The van der Waals surface area contributed by atoms with Gasteiger partial charge >= 0.3 is 6.18 Å². The lowest BCUT2D eigenvalue weighted by atomic mass is 9.99. The molecule has 0 saturated heterocycles. The highest BCUT2D eigenvalue weighted by molar-refractivity contribution is 7.14. The predicted molar refractivity (Wildman–Crippen MR) is 135 cm³/mol. The van der Waals surface area contributed by atoms with Crippen molar-refractivity contribution in [3.05, 3.63) is 76.1 Å². The van der Waals surface area contributed by atoms with Gasteiger partial charge < -0.3 is 14.8 Å². The third kappa shape index (κ3) is 4.70. The number of hydrogen-bond acceptors (Lipinski definition) is 5. The molecule has 0 radical (unpaired) electrons. The second kappa shape index (κ2) is 9.47. The first kappa shape index (κ1) is 23.6. The predicted octanol–water partition coefficient (Wildman–Crippen LogP) is 6.23. The second-order valence-corrected chi connectivity index (χ2v) is 9.37. The van der Waals surface area contributed by atoms with E-state index >= 15 is 0 Å². The van der Waals surface area contributed by atoms with Crippen LogP contribution in [0.15, 0.2) is 59.0 Å². The van der Waals surface area contributed by atoms with Crippen LogP contribution in [0.4, 0.5) is 24.1 Å². The number of nitrogens with zero attached hydrogens (tertiary/aromatic N) is 4. The molecule has 0 unspecified atom stereocenters. The summed E-state index contributed by atoms with van der Waals surface area (Å²) < 4.78 is 40.9. The maximum atomic E-state index is 12.9. The molecule has 4 heterocycles. The zero-order chi connectivity index (χ0) is 24.6. The number of halogens is 3. The van der Waals surface area contributed by atoms with Crippen molar-refractivity contribution in [3.63, 3.8) is 0 Å². The summed E-state index contributed by atoms with van der Waals surface area (Å²) in [5, 5.41) is 5.99. The molecule has 5 rings (SSSR count). The minimum Gasteiger partial charge on any atom is -0.313 e. The fraction of sp³-hybridized carbons (Fsp3) is 0.308. The number of hydrogen-bond donors (Lipinski definition) is 1. The molecule has 35 heavy (non-hydrogen) atoms. The van der Waals surface area contributed by atoms with E-state index in [0.717, 1.165) is 60.5 Å². The molecule has 182 valence electrons. The van der Waals surface area contributed by atoms with E-state index in [4.69, 9.17) is 9.97 Å². The Morgan fingerprint density at radius 3 is 2.60 bits per heavy atom. The number of fused-ring (bicyclic) bond motifs is 1. The van der Waals surface area contributed by atoms with Gasteiger partial charge in [-0.3, -0.25) is 0 Å². The molecule has 2 aliphatic heterocycles. The molecule has 3 aromatic rings. The van der Waals surface area contributed by atoms with Crippen LogP contribution in [0.2, 0.25) is 0 Å². The number of rotatable bonds is 5. The van der Waals surface area contributed by atoms with E-state index in [0.29, 0.717) is 17.8 Å². The number of allylic oxidation sites excluding steroid dienone is 3. The van der Waals surface area contributed by atoms with E-state index in [1.54, 1.807) is 0 Å². The molecular weight excluding hydrogens is 471 g/mol. The van der Waals surface area contributed by atoms with Crippen LogP contribution < -0.4 is 10.2 Å². The van der Waals surface area contributed by atoms with Crippen LogP contribution in [0.3, 0.4) is 0 Å². The molecule has 0 fully saturated rings. The Hall–Kier alpha value is -3.17. The molecule has 9 heteroatoms. The van der Waals surface area contributed by atoms with Gasteiger partial charge in [0, 0.05) is 31.1 Å². The Labute approximate surface area is 206 Å². The molecular formula is C26H26F3N5S. The van der Waals surface area contributed by atoms with Crippen LogP contribution in [-0.4, -0.2) is 34.7 Å². The highest BCUT2D eigenvalue weighted by atomic mass is 32.1. The van der Waals surface area contributed by atoms with E-state index in [1.807, 2.05) is 17.3 Å². The highest BCUT2D eigenvalue weighted by Gasteiger charge is 2.30. The average Bonchev–Trinajstić information content (AvgIpc) is 3.44. The van der Waals surface area contributed by atoms with Crippen LogP contribution in [0.5, 0.6) is 0 Å². The van der Waals surface area contributed by atoms with Gasteiger partial charge in [0.15, 0.2) is 5.13 Å². The Kier molecular flexibility index (Phi) is 6.37. The largest absolute Gasteiger partial charge is 0.416 e. The van der Waals surface area contributed by atoms with Crippen molar-refractivity contribution in [2.45, 2.75) is 32.5 Å². The van der Waals surface area contributed by atoms with E-state index in [-0.39, 0.29) is 0 Å². The van der Waals surface area contributed by atoms with Gasteiger partial charge in [0.25, 0.3) is 0 Å². The summed E-state index contributed by atoms with van der Waals surface area (Å²) >= 11 is 1.46. The SMILES string of the molecule is CCc1nc2n(c1N(C)c1nc(-c3ccc(C(F)(F)F)cc3)cs1)CC=C(C1=CCNCC1)C=C2. The van der Waals surface area contributed by atoms with Gasteiger partial charge in [-0.05, 0) is 48.7 Å². The Morgan fingerprint density at radius 1 is 1.11 bits per heavy atom. The lowest BCUT2D eigenvalue weighted by Gasteiger charge is -2.20. The lowest BCUT2D eigenvalue weighted by molar-refractivity contribution is -0.137. The number of anilines is 2. The van der Waals surface area contributed by atoms with Crippen molar-refractivity contribution in [2.24, 2.45) is 0 Å². The first-order chi connectivity index (χ1) is 16.8. The van der Waals surface area contributed by atoms with Crippen molar-refractivity contribution in [2.75, 3.05) is 25.0 Å². The molecule has 2 aromatic heterocycles. The van der Waals surface area contributed by atoms with Gasteiger partial charge in [-0.2, -0.15) is 13.2 Å². The summed E-state index contributed by atoms with van der Waals surface area (Å²) in [4.78, 5) is 11.7. The normalized spacial score (nSPS) is 15.9. The molecule has 2 aliphatic rings. The molecule has 1 N–H and O–H groups in total. The topological polar surface area (TPSA) is 46.0 Å². The summed E-state index contributed by atoms with van der Waals surface area (Å²) in [6, 6.07) is 5.13. The van der Waals surface area contributed by atoms with Crippen LogP contribution in [0.25, 0.3) is 17.3 Å². The number of imidazole rings is 1. The molecule has 5 nitrogen and oxygen atoms in total. The minimum atomic E-state index is -4.35. The molecule has 0 spiro atoms. The van der Waals surface area contributed by atoms with Gasteiger partial charge in [0.1, 0.15) is 11.6 Å². The van der Waals surface area contributed by atoms with Crippen molar-refractivity contribution in [1.82, 2.24) is 19.9 Å². The average molecular weight is 498 g/mol.